The maximum atomic E-state index is 13.6. The number of amides is 1. The van der Waals surface area contributed by atoms with Crippen LogP contribution in [0.3, 0.4) is 0 Å². The second-order valence-electron chi connectivity index (χ2n) is 3.59. The highest BCUT2D eigenvalue weighted by atomic mass is 79.9. The third-order valence-corrected chi connectivity index (χ3v) is 4.24. The number of ether oxygens (including phenoxy) is 1. The van der Waals surface area contributed by atoms with E-state index in [1.165, 1.54) is 12.1 Å². The first-order chi connectivity index (χ1) is 7.90. The summed E-state index contributed by atoms with van der Waals surface area (Å²) in [4.78, 5) is 11.0. The Bertz CT molecular complexity index is 473. The van der Waals surface area contributed by atoms with E-state index in [0.717, 1.165) is 4.47 Å². The minimum absolute atomic E-state index is 0. The SMILES string of the molecule is Cl.O=C1N[C@H](c2ccc(Br)c(Br)c2)C(F)(F)CO1. The van der Waals surface area contributed by atoms with Crippen molar-refractivity contribution in [3.8, 4) is 0 Å². The van der Waals surface area contributed by atoms with Gasteiger partial charge >= 0.3 is 12.0 Å². The van der Waals surface area contributed by atoms with Crippen molar-refractivity contribution in [2.24, 2.45) is 0 Å². The molecular formula is C10H8Br2ClF2NO2. The lowest BCUT2D eigenvalue weighted by atomic mass is 10.0. The van der Waals surface area contributed by atoms with Crippen LogP contribution in [0, 0.1) is 0 Å². The van der Waals surface area contributed by atoms with E-state index in [1.54, 1.807) is 6.07 Å². The van der Waals surface area contributed by atoms with Crippen molar-refractivity contribution in [2.75, 3.05) is 6.61 Å². The van der Waals surface area contributed by atoms with Crippen LogP contribution < -0.4 is 5.32 Å². The van der Waals surface area contributed by atoms with Crippen LogP contribution in [0.4, 0.5) is 13.6 Å². The summed E-state index contributed by atoms with van der Waals surface area (Å²) in [6, 6.07) is 3.33. The third kappa shape index (κ3) is 3.13. The fourth-order valence-electron chi connectivity index (χ4n) is 1.53. The number of halogens is 5. The fraction of sp³-hybridized carbons (Fsp3) is 0.300. The number of hydrogen-bond acceptors (Lipinski definition) is 2. The molecule has 0 bridgehead atoms. The zero-order valence-corrected chi connectivity index (χ0v) is 12.7. The molecule has 2 rings (SSSR count). The summed E-state index contributed by atoms with van der Waals surface area (Å²) < 4.78 is 32.9. The molecule has 0 aliphatic carbocycles. The van der Waals surface area contributed by atoms with E-state index in [-0.39, 0.29) is 12.4 Å². The Labute approximate surface area is 125 Å². The molecule has 1 aromatic carbocycles. The molecule has 8 heteroatoms. The molecule has 1 aliphatic heterocycles. The monoisotopic (exact) mass is 405 g/mol. The molecular weight excluding hydrogens is 399 g/mol. The zero-order valence-electron chi connectivity index (χ0n) is 8.75. The number of rotatable bonds is 1. The molecule has 1 fully saturated rings. The minimum Gasteiger partial charge on any atom is -0.443 e. The third-order valence-electron chi connectivity index (χ3n) is 2.36. The molecule has 1 saturated heterocycles. The number of nitrogens with one attached hydrogen (secondary N) is 1. The molecule has 100 valence electrons. The van der Waals surface area contributed by atoms with Gasteiger partial charge in [-0.3, -0.25) is 0 Å². The average molecular weight is 407 g/mol. The Kier molecular flexibility index (Phi) is 4.97. The molecule has 1 heterocycles. The molecule has 0 unspecified atom stereocenters. The van der Waals surface area contributed by atoms with E-state index in [2.05, 4.69) is 41.9 Å². The van der Waals surface area contributed by atoms with Gasteiger partial charge in [-0.05, 0) is 49.6 Å². The van der Waals surface area contributed by atoms with E-state index in [4.69, 9.17) is 0 Å². The molecule has 0 aromatic heterocycles. The van der Waals surface area contributed by atoms with E-state index >= 15 is 0 Å². The van der Waals surface area contributed by atoms with Gasteiger partial charge in [-0.25, -0.2) is 13.6 Å². The molecule has 0 radical (unpaired) electrons. The normalized spacial score (nSPS) is 21.6. The summed E-state index contributed by atoms with van der Waals surface area (Å²) in [5, 5.41) is 2.12. The van der Waals surface area contributed by atoms with E-state index in [9.17, 15) is 13.6 Å². The number of carbonyl (C=O) groups is 1. The highest BCUT2D eigenvalue weighted by Gasteiger charge is 2.46. The molecule has 1 atom stereocenters. The summed E-state index contributed by atoms with van der Waals surface area (Å²) in [6.45, 7) is -0.906. The molecule has 1 amide bonds. The second-order valence-corrected chi connectivity index (χ2v) is 5.30. The maximum absolute atomic E-state index is 13.6. The molecule has 1 aliphatic rings. The lowest BCUT2D eigenvalue weighted by Gasteiger charge is -2.31. The molecule has 0 spiro atoms. The predicted octanol–water partition coefficient (Wildman–Crippen LogP) is 4.05. The van der Waals surface area contributed by atoms with Crippen LogP contribution in [0.15, 0.2) is 27.1 Å². The van der Waals surface area contributed by atoms with Gasteiger partial charge in [0.05, 0.1) is 0 Å². The van der Waals surface area contributed by atoms with Gasteiger partial charge in [0.2, 0.25) is 0 Å². The van der Waals surface area contributed by atoms with Crippen molar-refractivity contribution in [3.63, 3.8) is 0 Å². The smallest absolute Gasteiger partial charge is 0.408 e. The van der Waals surface area contributed by atoms with Gasteiger partial charge in [-0.15, -0.1) is 12.4 Å². The van der Waals surface area contributed by atoms with Crippen LogP contribution in [0.1, 0.15) is 11.6 Å². The summed E-state index contributed by atoms with van der Waals surface area (Å²) in [7, 11) is 0. The lowest BCUT2D eigenvalue weighted by Crippen LogP contribution is -2.49. The average Bonchev–Trinajstić information content (AvgIpc) is 2.26. The first kappa shape index (κ1) is 15.7. The first-order valence-electron chi connectivity index (χ1n) is 4.66. The Balaban J connectivity index is 0.00000162. The number of benzene rings is 1. The Morgan fingerprint density at radius 2 is 2.00 bits per heavy atom. The van der Waals surface area contributed by atoms with Crippen molar-refractivity contribution in [2.45, 2.75) is 12.0 Å². The minimum atomic E-state index is -3.12. The van der Waals surface area contributed by atoms with Crippen LogP contribution in [0.5, 0.6) is 0 Å². The van der Waals surface area contributed by atoms with Crippen molar-refractivity contribution >= 4 is 50.4 Å². The Morgan fingerprint density at radius 3 is 2.61 bits per heavy atom. The van der Waals surface area contributed by atoms with Gasteiger partial charge in [0.25, 0.3) is 0 Å². The Hall–Kier alpha value is -0.400. The van der Waals surface area contributed by atoms with Crippen molar-refractivity contribution in [1.82, 2.24) is 5.32 Å². The maximum Gasteiger partial charge on any atom is 0.408 e. The molecule has 0 saturated carbocycles. The quantitative estimate of drug-likeness (QED) is 0.763. The van der Waals surface area contributed by atoms with Gasteiger partial charge < -0.3 is 10.1 Å². The van der Waals surface area contributed by atoms with Gasteiger partial charge in [0.15, 0.2) is 6.61 Å². The number of alkyl halides is 2. The van der Waals surface area contributed by atoms with Crippen molar-refractivity contribution < 1.29 is 18.3 Å². The highest BCUT2D eigenvalue weighted by Crippen LogP contribution is 2.36. The van der Waals surface area contributed by atoms with E-state index in [1.807, 2.05) is 0 Å². The molecule has 18 heavy (non-hydrogen) atoms. The van der Waals surface area contributed by atoms with Crippen LogP contribution in [-0.2, 0) is 4.74 Å². The second kappa shape index (κ2) is 5.71. The summed E-state index contributed by atoms with van der Waals surface area (Å²) in [5.41, 5.74) is 0.321. The van der Waals surface area contributed by atoms with Crippen LogP contribution in [-0.4, -0.2) is 18.6 Å². The summed E-state index contributed by atoms with van der Waals surface area (Å²) in [5.74, 6) is -3.12. The predicted molar refractivity (Wildman–Crippen MR) is 71.3 cm³/mol. The summed E-state index contributed by atoms with van der Waals surface area (Å²) >= 11 is 6.48. The number of carbonyl (C=O) groups excluding carboxylic acids is 1. The first-order valence-corrected chi connectivity index (χ1v) is 6.25. The van der Waals surface area contributed by atoms with Crippen molar-refractivity contribution in [1.29, 1.82) is 0 Å². The molecule has 3 nitrogen and oxygen atoms in total. The van der Waals surface area contributed by atoms with Gasteiger partial charge in [0.1, 0.15) is 6.04 Å². The Morgan fingerprint density at radius 1 is 1.33 bits per heavy atom. The number of cyclic esters (lactones) is 1. The molecule has 1 aromatic rings. The molecule has 1 N–H and O–H groups in total. The van der Waals surface area contributed by atoms with Gasteiger partial charge in [-0.2, -0.15) is 0 Å². The standard InChI is InChI=1S/C10H7Br2F2NO2.ClH/c11-6-2-1-5(3-7(6)12)8-10(13,14)4-17-9(16)15-8;/h1-3,8H,4H2,(H,15,16);1H/t8-;/m1./s1. The summed E-state index contributed by atoms with van der Waals surface area (Å²) in [6.07, 6.45) is -0.833. The van der Waals surface area contributed by atoms with Gasteiger partial charge in [-0.1, -0.05) is 6.07 Å². The topological polar surface area (TPSA) is 38.3 Å². The van der Waals surface area contributed by atoms with Crippen LogP contribution >= 0.6 is 44.3 Å². The largest absolute Gasteiger partial charge is 0.443 e. The zero-order chi connectivity index (χ0) is 12.6. The number of hydrogen-bond donors (Lipinski definition) is 1. The van der Waals surface area contributed by atoms with Gasteiger partial charge in [0, 0.05) is 8.95 Å². The van der Waals surface area contributed by atoms with Crippen LogP contribution in [0.25, 0.3) is 0 Å². The number of alkyl carbamates (subject to hydrolysis) is 1. The van der Waals surface area contributed by atoms with E-state index < -0.39 is 24.7 Å². The van der Waals surface area contributed by atoms with Crippen LogP contribution in [0.2, 0.25) is 0 Å². The van der Waals surface area contributed by atoms with Crippen molar-refractivity contribution in [3.05, 3.63) is 32.7 Å². The fourth-order valence-corrected chi connectivity index (χ4v) is 2.17. The lowest BCUT2D eigenvalue weighted by molar-refractivity contribution is -0.104. The van der Waals surface area contributed by atoms with E-state index in [0.29, 0.717) is 10.0 Å². The highest BCUT2D eigenvalue weighted by molar-refractivity contribution is 9.13.